The van der Waals surface area contributed by atoms with Crippen LogP contribution in [0.4, 0.5) is 0 Å². The van der Waals surface area contributed by atoms with Crippen LogP contribution in [-0.2, 0) is 21.4 Å². The number of thiophene rings is 2. The van der Waals surface area contributed by atoms with Gasteiger partial charge in [-0.15, -0.1) is 29.3 Å². The van der Waals surface area contributed by atoms with Crippen molar-refractivity contribution in [2.24, 2.45) is 0 Å². The summed E-state index contributed by atoms with van der Waals surface area (Å²) in [6.45, 7) is 4.03. The van der Waals surface area contributed by atoms with Crippen molar-refractivity contribution < 1.29 is 13.2 Å². The predicted molar refractivity (Wildman–Crippen MR) is 104 cm³/mol. The van der Waals surface area contributed by atoms with Crippen LogP contribution in [0.15, 0.2) is 41.1 Å². The van der Waals surface area contributed by atoms with Gasteiger partial charge in [-0.25, -0.2) is 8.42 Å². The lowest BCUT2D eigenvalue weighted by atomic mass is 10.3. The average Bonchev–Trinajstić information content (AvgIpc) is 3.15. The van der Waals surface area contributed by atoms with Crippen molar-refractivity contribution in [2.75, 3.05) is 20.1 Å². The summed E-state index contributed by atoms with van der Waals surface area (Å²) >= 11 is 14.0. The Bertz CT molecular complexity index is 861. The number of nitrogens with zero attached hydrogens (tertiary/aromatic N) is 2. The van der Waals surface area contributed by atoms with Gasteiger partial charge in [-0.3, -0.25) is 4.79 Å². The van der Waals surface area contributed by atoms with Crippen molar-refractivity contribution in [3.63, 3.8) is 0 Å². The first-order valence-corrected chi connectivity index (χ1v) is 10.9. The second-order valence-electron chi connectivity index (χ2n) is 5.09. The largest absolute Gasteiger partial charge is 0.333 e. The number of halogens is 2. The van der Waals surface area contributed by atoms with Crippen molar-refractivity contribution in [3.05, 3.63) is 50.5 Å². The lowest BCUT2D eigenvalue weighted by molar-refractivity contribution is -0.131. The van der Waals surface area contributed by atoms with Gasteiger partial charge in [-0.2, -0.15) is 4.31 Å². The highest BCUT2D eigenvalue weighted by molar-refractivity contribution is 7.91. The average molecular weight is 439 g/mol. The fourth-order valence-corrected chi connectivity index (χ4v) is 5.92. The third-order valence-corrected chi connectivity index (χ3v) is 7.97. The van der Waals surface area contributed by atoms with Gasteiger partial charge >= 0.3 is 0 Å². The Hall–Kier alpha value is -0.900. The van der Waals surface area contributed by atoms with Gasteiger partial charge in [0.2, 0.25) is 5.91 Å². The van der Waals surface area contributed by atoms with Crippen LogP contribution in [0.3, 0.4) is 0 Å². The van der Waals surface area contributed by atoms with Crippen LogP contribution in [-0.4, -0.2) is 43.7 Å². The molecule has 0 bridgehead atoms. The Morgan fingerprint density at radius 2 is 1.84 bits per heavy atom. The van der Waals surface area contributed by atoms with Gasteiger partial charge in [0.15, 0.2) is 0 Å². The molecule has 2 rings (SSSR count). The van der Waals surface area contributed by atoms with E-state index in [-0.39, 0.29) is 16.7 Å². The Balaban J connectivity index is 2.10. The van der Waals surface area contributed by atoms with E-state index in [4.69, 9.17) is 23.2 Å². The Kier molecular flexibility index (Phi) is 7.07. The highest BCUT2D eigenvalue weighted by Gasteiger charge is 2.26. The molecule has 0 aliphatic carbocycles. The molecule has 0 spiro atoms. The van der Waals surface area contributed by atoms with Crippen molar-refractivity contribution in [3.8, 4) is 0 Å². The molecule has 5 nitrogen and oxygen atoms in total. The minimum Gasteiger partial charge on any atom is -0.333 e. The van der Waals surface area contributed by atoms with E-state index < -0.39 is 10.0 Å². The van der Waals surface area contributed by atoms with Gasteiger partial charge in [0, 0.05) is 18.5 Å². The number of carbonyl (C=O) groups excluding carboxylic acids is 1. The molecule has 0 unspecified atom stereocenters. The molecule has 10 heteroatoms. The number of carbonyl (C=O) groups is 1. The second kappa shape index (κ2) is 8.66. The number of sulfonamides is 1. The van der Waals surface area contributed by atoms with E-state index in [0.717, 1.165) is 20.5 Å². The first kappa shape index (κ1) is 20.4. The molecule has 1 amide bonds. The molecule has 2 heterocycles. The van der Waals surface area contributed by atoms with Crippen molar-refractivity contribution in [1.29, 1.82) is 0 Å². The van der Waals surface area contributed by atoms with E-state index in [1.807, 2.05) is 6.07 Å². The van der Waals surface area contributed by atoms with Crippen LogP contribution in [0.2, 0.25) is 8.67 Å². The smallest absolute Gasteiger partial charge is 0.252 e. The highest BCUT2D eigenvalue weighted by atomic mass is 35.5. The molecule has 0 saturated carbocycles. The van der Waals surface area contributed by atoms with Crippen LogP contribution in [0, 0.1) is 0 Å². The summed E-state index contributed by atoms with van der Waals surface area (Å²) in [6, 6.07) is 6.54. The minimum absolute atomic E-state index is 0.105. The molecule has 25 heavy (non-hydrogen) atoms. The number of likely N-dealkylation sites (N-methyl/N-ethyl adjacent to an activating group) is 1. The molecule has 2 aromatic rings. The molecule has 0 aromatic carbocycles. The van der Waals surface area contributed by atoms with Gasteiger partial charge < -0.3 is 4.90 Å². The quantitative estimate of drug-likeness (QED) is 0.586. The maximum absolute atomic E-state index is 12.6. The fraction of sp³-hybridized carbons (Fsp3) is 0.267. The molecule has 0 saturated heterocycles. The number of hydrogen-bond donors (Lipinski definition) is 0. The third-order valence-electron chi connectivity index (χ3n) is 3.25. The first-order valence-electron chi connectivity index (χ1n) is 7.08. The lowest BCUT2D eigenvalue weighted by Crippen LogP contribution is -2.40. The zero-order valence-electron chi connectivity index (χ0n) is 13.3. The van der Waals surface area contributed by atoms with E-state index in [0.29, 0.717) is 21.8 Å². The molecule has 0 atom stereocenters. The summed E-state index contributed by atoms with van der Waals surface area (Å²) in [5, 5.41) is 0. The number of amides is 1. The number of hydrogen-bond acceptors (Lipinski definition) is 5. The van der Waals surface area contributed by atoms with E-state index >= 15 is 0 Å². The van der Waals surface area contributed by atoms with E-state index in [1.54, 1.807) is 12.1 Å². The van der Waals surface area contributed by atoms with Crippen molar-refractivity contribution >= 4 is 61.8 Å². The SMILES string of the molecule is C=CCN(Cc1ccc(Cl)s1)C(=O)CN(C)S(=O)(=O)c1ccc(Cl)s1. The van der Waals surface area contributed by atoms with Crippen LogP contribution in [0.5, 0.6) is 0 Å². The second-order valence-corrected chi connectivity index (χ2v) is 10.9. The van der Waals surface area contributed by atoms with E-state index in [9.17, 15) is 13.2 Å². The van der Waals surface area contributed by atoms with Crippen molar-refractivity contribution in [1.82, 2.24) is 9.21 Å². The van der Waals surface area contributed by atoms with Crippen molar-refractivity contribution in [2.45, 2.75) is 10.8 Å². The zero-order chi connectivity index (χ0) is 18.6. The Morgan fingerprint density at radius 3 is 2.36 bits per heavy atom. The molecule has 136 valence electrons. The molecular weight excluding hydrogens is 423 g/mol. The summed E-state index contributed by atoms with van der Waals surface area (Å²) in [7, 11) is -2.38. The monoisotopic (exact) mass is 438 g/mol. The normalized spacial score (nSPS) is 11.7. The topological polar surface area (TPSA) is 57.7 Å². The Morgan fingerprint density at radius 1 is 1.20 bits per heavy atom. The lowest BCUT2D eigenvalue weighted by Gasteiger charge is -2.23. The van der Waals surface area contributed by atoms with E-state index in [1.165, 1.54) is 35.4 Å². The minimum atomic E-state index is -3.75. The predicted octanol–water partition coefficient (Wildman–Crippen LogP) is 3.95. The highest BCUT2D eigenvalue weighted by Crippen LogP contribution is 2.28. The first-order chi connectivity index (χ1) is 11.7. The van der Waals surface area contributed by atoms with Gasteiger partial charge in [0.1, 0.15) is 4.21 Å². The molecule has 0 fully saturated rings. The maximum Gasteiger partial charge on any atom is 0.252 e. The molecular formula is C15H16Cl2N2O3S3. The Labute approximate surface area is 165 Å². The summed E-state index contributed by atoms with van der Waals surface area (Å²) in [5.41, 5.74) is 0. The third kappa shape index (κ3) is 5.29. The van der Waals surface area contributed by atoms with Gasteiger partial charge in [-0.05, 0) is 24.3 Å². The summed E-state index contributed by atoms with van der Waals surface area (Å²) in [5.74, 6) is -0.321. The van der Waals surface area contributed by atoms with Gasteiger partial charge in [-0.1, -0.05) is 29.3 Å². The standard InChI is InChI=1S/C15H16Cl2N2O3S3/c1-3-8-19(9-11-4-5-12(16)23-11)14(20)10-18(2)25(21,22)15-7-6-13(17)24-15/h3-7H,1,8-10H2,2H3. The molecule has 2 aromatic heterocycles. The zero-order valence-corrected chi connectivity index (χ0v) is 17.3. The van der Waals surface area contributed by atoms with Gasteiger partial charge in [0.05, 0.1) is 21.8 Å². The molecule has 0 radical (unpaired) electrons. The molecule has 0 aliphatic rings. The van der Waals surface area contributed by atoms with Crippen LogP contribution >= 0.6 is 45.9 Å². The number of rotatable bonds is 8. The molecule has 0 N–H and O–H groups in total. The molecule has 0 aliphatic heterocycles. The van der Waals surface area contributed by atoms with Crippen LogP contribution in [0.1, 0.15) is 4.88 Å². The van der Waals surface area contributed by atoms with Gasteiger partial charge in [0.25, 0.3) is 10.0 Å². The summed E-state index contributed by atoms with van der Waals surface area (Å²) in [6.07, 6.45) is 1.60. The van der Waals surface area contributed by atoms with E-state index in [2.05, 4.69) is 6.58 Å². The summed E-state index contributed by atoms with van der Waals surface area (Å²) in [4.78, 5) is 15.0. The fourth-order valence-electron chi connectivity index (χ4n) is 2.00. The van der Waals surface area contributed by atoms with Crippen LogP contribution in [0.25, 0.3) is 0 Å². The summed E-state index contributed by atoms with van der Waals surface area (Å²) < 4.78 is 27.1. The van der Waals surface area contributed by atoms with Crippen LogP contribution < -0.4 is 0 Å². The maximum atomic E-state index is 12.6.